The van der Waals surface area contributed by atoms with E-state index in [1.54, 1.807) is 0 Å². The third-order valence-corrected chi connectivity index (χ3v) is 1.79. The van der Waals surface area contributed by atoms with E-state index in [1.807, 2.05) is 6.92 Å². The van der Waals surface area contributed by atoms with Gasteiger partial charge in [0.15, 0.2) is 5.82 Å². The molecule has 0 aliphatic carbocycles. The quantitative estimate of drug-likeness (QED) is 0.621. The lowest BCUT2D eigenvalue weighted by Crippen LogP contribution is -2.23. The van der Waals surface area contributed by atoms with Crippen LogP contribution in [0.25, 0.3) is 0 Å². The number of nitrogens with one attached hydrogen (secondary N) is 1. The van der Waals surface area contributed by atoms with Gasteiger partial charge in [0, 0.05) is 0 Å². The van der Waals surface area contributed by atoms with Crippen LogP contribution in [0.5, 0.6) is 0 Å². The van der Waals surface area contributed by atoms with Gasteiger partial charge in [0.2, 0.25) is 0 Å². The van der Waals surface area contributed by atoms with Crippen molar-refractivity contribution in [2.75, 3.05) is 17.7 Å². The minimum Gasteiger partial charge on any atom is -0.394 e. The van der Waals surface area contributed by atoms with Gasteiger partial charge in [-0.25, -0.2) is 9.97 Å². The zero-order valence-electron chi connectivity index (χ0n) is 7.57. The molecule has 1 aromatic rings. The molecule has 0 spiro atoms. The normalized spacial score (nSPS) is 12.5. The smallest absolute Gasteiger partial charge is 0.152 e. The molecule has 72 valence electrons. The van der Waals surface area contributed by atoms with Gasteiger partial charge in [0.25, 0.3) is 0 Å². The van der Waals surface area contributed by atoms with E-state index in [4.69, 9.17) is 10.8 Å². The molecule has 5 heteroatoms. The van der Waals surface area contributed by atoms with Crippen molar-refractivity contribution < 1.29 is 5.11 Å². The fourth-order valence-electron chi connectivity index (χ4n) is 0.931. The van der Waals surface area contributed by atoms with Gasteiger partial charge in [-0.2, -0.15) is 0 Å². The molecule has 1 heterocycles. The van der Waals surface area contributed by atoms with Crippen LogP contribution in [-0.4, -0.2) is 27.7 Å². The Morgan fingerprint density at radius 2 is 2.46 bits per heavy atom. The van der Waals surface area contributed by atoms with Gasteiger partial charge >= 0.3 is 0 Å². The van der Waals surface area contributed by atoms with Crippen molar-refractivity contribution in [2.45, 2.75) is 19.4 Å². The summed E-state index contributed by atoms with van der Waals surface area (Å²) in [6.07, 6.45) is 3.77. The highest BCUT2D eigenvalue weighted by Crippen LogP contribution is 2.13. The van der Waals surface area contributed by atoms with E-state index in [0.717, 1.165) is 6.42 Å². The summed E-state index contributed by atoms with van der Waals surface area (Å²) in [4.78, 5) is 7.72. The third-order valence-electron chi connectivity index (χ3n) is 1.79. The van der Waals surface area contributed by atoms with Gasteiger partial charge in [-0.15, -0.1) is 0 Å². The van der Waals surface area contributed by atoms with Crippen molar-refractivity contribution in [3.63, 3.8) is 0 Å². The van der Waals surface area contributed by atoms with Crippen LogP contribution in [0.1, 0.15) is 13.3 Å². The molecule has 0 radical (unpaired) electrons. The highest BCUT2D eigenvalue weighted by atomic mass is 16.3. The van der Waals surface area contributed by atoms with Crippen molar-refractivity contribution >= 4 is 11.5 Å². The number of nitrogens with zero attached hydrogens (tertiary/aromatic N) is 2. The van der Waals surface area contributed by atoms with Gasteiger partial charge in [0.05, 0.1) is 24.5 Å². The molecule has 1 atom stereocenters. The molecule has 0 saturated heterocycles. The molecule has 1 rings (SSSR count). The second-order valence-corrected chi connectivity index (χ2v) is 2.76. The molecule has 5 nitrogen and oxygen atoms in total. The van der Waals surface area contributed by atoms with Crippen molar-refractivity contribution in [3.8, 4) is 0 Å². The van der Waals surface area contributed by atoms with Gasteiger partial charge in [-0.05, 0) is 6.42 Å². The van der Waals surface area contributed by atoms with E-state index in [2.05, 4.69) is 15.3 Å². The van der Waals surface area contributed by atoms with Gasteiger partial charge in [-0.1, -0.05) is 6.92 Å². The predicted molar refractivity (Wildman–Crippen MR) is 51.2 cm³/mol. The Hall–Kier alpha value is -1.36. The van der Waals surface area contributed by atoms with Crippen LogP contribution in [0.2, 0.25) is 0 Å². The Bertz CT molecular complexity index is 262. The molecule has 0 aliphatic heterocycles. The Labute approximate surface area is 77.0 Å². The lowest BCUT2D eigenvalue weighted by molar-refractivity contribution is 0.271. The standard InChI is InChI=1S/C8H14N4O/c1-2-6(4-13)12-8-7(9)3-10-5-11-8/h3,5-6,13H,2,4,9H2,1H3,(H,10,11,12). The number of nitrogen functional groups attached to an aromatic ring is 1. The molecular weight excluding hydrogens is 168 g/mol. The summed E-state index contributed by atoms with van der Waals surface area (Å²) in [5.41, 5.74) is 6.10. The first-order chi connectivity index (χ1) is 6.27. The largest absolute Gasteiger partial charge is 0.394 e. The molecule has 0 saturated carbocycles. The summed E-state index contributed by atoms with van der Waals surface area (Å²) in [6.45, 7) is 2.05. The lowest BCUT2D eigenvalue weighted by Gasteiger charge is -2.15. The summed E-state index contributed by atoms with van der Waals surface area (Å²) in [5, 5.41) is 12.0. The first-order valence-corrected chi connectivity index (χ1v) is 4.20. The average Bonchev–Trinajstić information content (AvgIpc) is 2.17. The van der Waals surface area contributed by atoms with Crippen molar-refractivity contribution in [1.29, 1.82) is 0 Å². The van der Waals surface area contributed by atoms with Crippen molar-refractivity contribution in [3.05, 3.63) is 12.5 Å². The highest BCUT2D eigenvalue weighted by Gasteiger charge is 2.06. The summed E-state index contributed by atoms with van der Waals surface area (Å²) >= 11 is 0. The average molecular weight is 182 g/mol. The minimum absolute atomic E-state index is 0.00259. The highest BCUT2D eigenvalue weighted by molar-refractivity contribution is 5.59. The van der Waals surface area contributed by atoms with Crippen LogP contribution in [0, 0.1) is 0 Å². The van der Waals surface area contributed by atoms with Gasteiger partial charge < -0.3 is 16.2 Å². The van der Waals surface area contributed by atoms with E-state index in [-0.39, 0.29) is 12.6 Å². The number of hydrogen-bond acceptors (Lipinski definition) is 5. The fraction of sp³-hybridized carbons (Fsp3) is 0.500. The van der Waals surface area contributed by atoms with Crippen LogP contribution < -0.4 is 11.1 Å². The number of hydrogen-bond donors (Lipinski definition) is 3. The summed E-state index contributed by atoms with van der Waals surface area (Å²) < 4.78 is 0. The first-order valence-electron chi connectivity index (χ1n) is 4.20. The number of nitrogens with two attached hydrogens (primary N) is 1. The zero-order chi connectivity index (χ0) is 9.68. The van der Waals surface area contributed by atoms with Gasteiger partial charge in [-0.3, -0.25) is 0 Å². The molecule has 0 amide bonds. The molecule has 4 N–H and O–H groups in total. The molecule has 0 aromatic carbocycles. The molecule has 0 aliphatic rings. The third kappa shape index (κ3) is 2.55. The maximum Gasteiger partial charge on any atom is 0.152 e. The molecular formula is C8H14N4O. The predicted octanol–water partition coefficient (Wildman–Crippen LogP) is 0.242. The molecule has 0 bridgehead atoms. The molecule has 0 fully saturated rings. The van der Waals surface area contributed by atoms with Crippen molar-refractivity contribution in [1.82, 2.24) is 9.97 Å². The first kappa shape index (κ1) is 9.73. The summed E-state index contributed by atoms with van der Waals surface area (Å²) in [6, 6.07) is -0.00259. The van der Waals surface area contributed by atoms with Crippen LogP contribution >= 0.6 is 0 Å². The second-order valence-electron chi connectivity index (χ2n) is 2.76. The topological polar surface area (TPSA) is 84.1 Å². The summed E-state index contributed by atoms with van der Waals surface area (Å²) in [7, 11) is 0. The van der Waals surface area contributed by atoms with E-state index < -0.39 is 0 Å². The number of aliphatic hydroxyl groups excluding tert-OH is 1. The Kier molecular flexibility index (Phi) is 3.45. The maximum absolute atomic E-state index is 8.93. The molecule has 1 unspecified atom stereocenters. The number of aromatic nitrogens is 2. The van der Waals surface area contributed by atoms with Gasteiger partial charge in [0.1, 0.15) is 6.33 Å². The van der Waals surface area contributed by atoms with E-state index in [9.17, 15) is 0 Å². The zero-order valence-corrected chi connectivity index (χ0v) is 7.57. The van der Waals surface area contributed by atoms with Crippen molar-refractivity contribution in [2.24, 2.45) is 0 Å². The number of anilines is 2. The maximum atomic E-state index is 8.93. The Morgan fingerprint density at radius 3 is 3.00 bits per heavy atom. The Morgan fingerprint density at radius 1 is 1.69 bits per heavy atom. The van der Waals surface area contributed by atoms with E-state index in [0.29, 0.717) is 11.5 Å². The number of aliphatic hydroxyl groups is 1. The van der Waals surface area contributed by atoms with E-state index in [1.165, 1.54) is 12.5 Å². The van der Waals surface area contributed by atoms with Crippen LogP contribution in [0.15, 0.2) is 12.5 Å². The minimum atomic E-state index is -0.00259. The fourth-order valence-corrected chi connectivity index (χ4v) is 0.931. The van der Waals surface area contributed by atoms with E-state index >= 15 is 0 Å². The Balaban J connectivity index is 2.67. The van der Waals surface area contributed by atoms with Crippen LogP contribution in [0.3, 0.4) is 0 Å². The molecule has 1 aromatic heterocycles. The monoisotopic (exact) mass is 182 g/mol. The van der Waals surface area contributed by atoms with Crippen LogP contribution in [-0.2, 0) is 0 Å². The SMILES string of the molecule is CCC(CO)Nc1ncncc1N. The second kappa shape index (κ2) is 4.61. The summed E-state index contributed by atoms with van der Waals surface area (Å²) in [5.74, 6) is 0.580. The van der Waals surface area contributed by atoms with Crippen LogP contribution in [0.4, 0.5) is 11.5 Å². The molecule has 13 heavy (non-hydrogen) atoms. The number of rotatable bonds is 4. The lowest BCUT2D eigenvalue weighted by atomic mass is 10.2.